The van der Waals surface area contributed by atoms with Crippen LogP contribution in [0.5, 0.6) is 0 Å². The maximum absolute atomic E-state index is 4.30. The molecule has 0 bridgehead atoms. The third-order valence-electron chi connectivity index (χ3n) is 3.37. The lowest BCUT2D eigenvalue weighted by Gasteiger charge is -2.10. The molecule has 2 aromatic rings. The van der Waals surface area contributed by atoms with E-state index in [0.29, 0.717) is 0 Å². The maximum Gasteiger partial charge on any atom is 0.209 e. The molecular weight excluding hydrogens is 290 g/mol. The summed E-state index contributed by atoms with van der Waals surface area (Å²) < 4.78 is 2.95. The van der Waals surface area contributed by atoms with Gasteiger partial charge in [-0.3, -0.25) is 4.68 Å². The molecule has 1 saturated heterocycles. The number of hydrogen-bond acceptors (Lipinski definition) is 6. The van der Waals surface area contributed by atoms with Crippen LogP contribution in [0.1, 0.15) is 24.8 Å². The molecule has 0 aromatic carbocycles. The van der Waals surface area contributed by atoms with Gasteiger partial charge in [0, 0.05) is 32.1 Å². The first-order valence-corrected chi connectivity index (χ1v) is 8.80. The van der Waals surface area contributed by atoms with Gasteiger partial charge in [-0.2, -0.15) is 5.10 Å². The van der Waals surface area contributed by atoms with Gasteiger partial charge in [-0.25, -0.2) is 0 Å². The lowest BCUT2D eigenvalue weighted by atomic mass is 10.2. The van der Waals surface area contributed by atoms with Crippen molar-refractivity contribution in [3.63, 3.8) is 0 Å². The molecule has 7 heteroatoms. The van der Waals surface area contributed by atoms with Crippen LogP contribution in [0.3, 0.4) is 0 Å². The molecule has 0 amide bonds. The molecule has 108 valence electrons. The second-order valence-electron chi connectivity index (χ2n) is 5.02. The van der Waals surface area contributed by atoms with Crippen LogP contribution < -0.4 is 4.90 Å². The minimum Gasteiger partial charge on any atom is -0.347 e. The first-order valence-electron chi connectivity index (χ1n) is 7.00. The van der Waals surface area contributed by atoms with Crippen molar-refractivity contribution in [3.8, 4) is 0 Å². The van der Waals surface area contributed by atoms with Crippen molar-refractivity contribution in [3.05, 3.63) is 18.0 Å². The second-order valence-corrected chi connectivity index (χ2v) is 7.32. The normalized spacial score (nSPS) is 15.2. The lowest BCUT2D eigenvalue weighted by molar-refractivity contribution is 0.766. The first kappa shape index (κ1) is 13.9. The highest BCUT2D eigenvalue weighted by atomic mass is 32.2. The monoisotopic (exact) mass is 309 g/mol. The molecule has 0 saturated carbocycles. The third-order valence-corrected chi connectivity index (χ3v) is 5.57. The van der Waals surface area contributed by atoms with Crippen molar-refractivity contribution in [2.75, 3.05) is 23.7 Å². The fourth-order valence-electron chi connectivity index (χ4n) is 2.33. The van der Waals surface area contributed by atoms with Gasteiger partial charge in [0.05, 0.1) is 6.20 Å². The average molecular weight is 309 g/mol. The Hall–Kier alpha value is -1.08. The Morgan fingerprint density at radius 1 is 1.30 bits per heavy atom. The van der Waals surface area contributed by atoms with Crippen LogP contribution in [-0.4, -0.2) is 38.8 Å². The van der Waals surface area contributed by atoms with Crippen molar-refractivity contribution in [1.82, 2.24) is 20.0 Å². The number of aromatic nitrogens is 4. The van der Waals surface area contributed by atoms with E-state index in [1.54, 1.807) is 11.3 Å². The molecule has 0 N–H and O–H groups in total. The summed E-state index contributed by atoms with van der Waals surface area (Å²) >= 11 is 3.55. The molecule has 0 radical (unpaired) electrons. The molecule has 1 aliphatic rings. The molecule has 0 spiro atoms. The fraction of sp³-hybridized carbons (Fsp3) is 0.615. The number of nitrogens with zero attached hydrogens (tertiary/aromatic N) is 5. The molecule has 1 aliphatic heterocycles. The summed E-state index contributed by atoms with van der Waals surface area (Å²) in [5, 5.41) is 13.9. The van der Waals surface area contributed by atoms with E-state index in [9.17, 15) is 0 Å². The van der Waals surface area contributed by atoms with Gasteiger partial charge >= 0.3 is 0 Å². The molecule has 3 heterocycles. The Kier molecular flexibility index (Phi) is 4.57. The Bertz CT molecular complexity index is 544. The fourth-order valence-corrected chi connectivity index (χ4v) is 4.24. The molecule has 1 fully saturated rings. The number of rotatable bonds is 6. The summed E-state index contributed by atoms with van der Waals surface area (Å²) in [5.74, 6) is 1.09. The van der Waals surface area contributed by atoms with Crippen molar-refractivity contribution < 1.29 is 0 Å². The van der Waals surface area contributed by atoms with Crippen molar-refractivity contribution in [1.29, 1.82) is 0 Å². The highest BCUT2D eigenvalue weighted by Gasteiger charge is 2.16. The van der Waals surface area contributed by atoms with Crippen molar-refractivity contribution >= 4 is 28.2 Å². The summed E-state index contributed by atoms with van der Waals surface area (Å²) in [6, 6.07) is 0. The highest BCUT2D eigenvalue weighted by molar-refractivity contribution is 8.01. The van der Waals surface area contributed by atoms with Gasteiger partial charge < -0.3 is 4.90 Å². The Labute approximate surface area is 127 Å². The highest BCUT2D eigenvalue weighted by Crippen LogP contribution is 2.30. The zero-order chi connectivity index (χ0) is 13.8. The van der Waals surface area contributed by atoms with Crippen LogP contribution >= 0.6 is 23.1 Å². The summed E-state index contributed by atoms with van der Waals surface area (Å²) in [7, 11) is 1.96. The van der Waals surface area contributed by atoms with Gasteiger partial charge in [-0.1, -0.05) is 23.1 Å². The standard InChI is InChI=1S/C13H19N5S2/c1-17-10-11(9-14-17)5-4-8-19-13-16-15-12(20-13)18-6-2-3-7-18/h9-10H,2-8H2,1H3. The van der Waals surface area contributed by atoms with Gasteiger partial charge in [0.25, 0.3) is 0 Å². The van der Waals surface area contributed by atoms with Gasteiger partial charge in [-0.05, 0) is 31.2 Å². The molecule has 0 aliphatic carbocycles. The second kappa shape index (κ2) is 6.58. The molecule has 3 rings (SSSR count). The molecule has 0 unspecified atom stereocenters. The summed E-state index contributed by atoms with van der Waals surface area (Å²) in [6.07, 6.45) is 8.83. The quantitative estimate of drug-likeness (QED) is 0.606. The van der Waals surface area contributed by atoms with Crippen LogP contribution in [0.15, 0.2) is 16.7 Å². The Morgan fingerprint density at radius 3 is 2.90 bits per heavy atom. The van der Waals surface area contributed by atoms with Crippen LogP contribution in [-0.2, 0) is 13.5 Å². The number of hydrogen-bond donors (Lipinski definition) is 0. The number of thioether (sulfide) groups is 1. The maximum atomic E-state index is 4.30. The summed E-state index contributed by atoms with van der Waals surface area (Å²) in [5.41, 5.74) is 1.31. The zero-order valence-corrected chi connectivity index (χ0v) is 13.3. The average Bonchev–Trinajstić information content (AvgIpc) is 3.16. The predicted molar refractivity (Wildman–Crippen MR) is 83.6 cm³/mol. The smallest absolute Gasteiger partial charge is 0.209 e. The largest absolute Gasteiger partial charge is 0.347 e. The van der Waals surface area contributed by atoms with Gasteiger partial charge in [-0.15, -0.1) is 10.2 Å². The van der Waals surface area contributed by atoms with E-state index in [0.717, 1.165) is 41.2 Å². The van der Waals surface area contributed by atoms with E-state index in [4.69, 9.17) is 0 Å². The molecule has 2 aromatic heterocycles. The predicted octanol–water partition coefficient (Wildman–Crippen LogP) is 2.60. The van der Waals surface area contributed by atoms with Crippen LogP contribution in [0.2, 0.25) is 0 Å². The lowest BCUT2D eigenvalue weighted by Crippen LogP contribution is -2.17. The SMILES string of the molecule is Cn1cc(CCCSc2nnc(N3CCCC3)s2)cn1. The molecule has 5 nitrogen and oxygen atoms in total. The van der Waals surface area contributed by atoms with E-state index in [1.165, 1.54) is 18.4 Å². The number of anilines is 1. The van der Waals surface area contributed by atoms with Crippen LogP contribution in [0.25, 0.3) is 0 Å². The number of aryl methyl sites for hydroxylation is 2. The van der Waals surface area contributed by atoms with Crippen LogP contribution in [0.4, 0.5) is 5.13 Å². The van der Waals surface area contributed by atoms with Crippen molar-refractivity contribution in [2.24, 2.45) is 7.05 Å². The first-order chi connectivity index (χ1) is 9.81. The van der Waals surface area contributed by atoms with E-state index < -0.39 is 0 Å². The molecule has 20 heavy (non-hydrogen) atoms. The van der Waals surface area contributed by atoms with E-state index in [1.807, 2.05) is 29.7 Å². The van der Waals surface area contributed by atoms with Gasteiger partial charge in [0.2, 0.25) is 5.13 Å². The van der Waals surface area contributed by atoms with E-state index >= 15 is 0 Å². The minimum absolute atomic E-state index is 1.08. The topological polar surface area (TPSA) is 46.8 Å². The Morgan fingerprint density at radius 2 is 2.15 bits per heavy atom. The van der Waals surface area contributed by atoms with E-state index in [2.05, 4.69) is 26.4 Å². The van der Waals surface area contributed by atoms with Gasteiger partial charge in [0.1, 0.15) is 0 Å². The summed E-state index contributed by atoms with van der Waals surface area (Å²) in [6.45, 7) is 2.28. The van der Waals surface area contributed by atoms with Crippen molar-refractivity contribution in [2.45, 2.75) is 30.0 Å². The minimum atomic E-state index is 1.08. The molecular formula is C13H19N5S2. The van der Waals surface area contributed by atoms with E-state index in [-0.39, 0.29) is 0 Å². The van der Waals surface area contributed by atoms with Crippen LogP contribution in [0, 0.1) is 0 Å². The summed E-state index contributed by atoms with van der Waals surface area (Å²) in [4.78, 5) is 2.34. The van der Waals surface area contributed by atoms with Gasteiger partial charge in [0.15, 0.2) is 4.34 Å². The Balaban J connectivity index is 1.42. The third kappa shape index (κ3) is 3.52. The zero-order valence-electron chi connectivity index (χ0n) is 11.7. The molecule has 0 atom stereocenters.